The monoisotopic (exact) mass is 351 g/mol. The van der Waals surface area contributed by atoms with Gasteiger partial charge in [0, 0.05) is 5.39 Å². The Balaban J connectivity index is 2.15. The van der Waals surface area contributed by atoms with E-state index in [1.807, 2.05) is 5.32 Å². The van der Waals surface area contributed by atoms with Crippen molar-refractivity contribution in [3.63, 3.8) is 0 Å². The molecule has 8 heteroatoms. The van der Waals surface area contributed by atoms with Gasteiger partial charge in [-0.1, -0.05) is 12.1 Å². The number of alkyl halides is 3. The molecule has 25 heavy (non-hydrogen) atoms. The lowest BCUT2D eigenvalue weighted by Gasteiger charge is -2.10. The molecular formula is C17H12F3NO4. The molecule has 0 aliphatic carbocycles. The van der Waals surface area contributed by atoms with Crippen LogP contribution in [0.15, 0.2) is 46.9 Å². The molecule has 3 aromatic rings. The minimum absolute atomic E-state index is 0.0651. The highest BCUT2D eigenvalue weighted by Gasteiger charge is 2.35. The molecule has 3 N–H and O–H groups in total. The summed E-state index contributed by atoms with van der Waals surface area (Å²) in [6, 6.07) is 9.66. The van der Waals surface area contributed by atoms with Crippen LogP contribution >= 0.6 is 0 Å². The van der Waals surface area contributed by atoms with Gasteiger partial charge in [0.05, 0.1) is 12.1 Å². The first kappa shape index (κ1) is 16.7. The molecule has 0 atom stereocenters. The molecule has 1 aromatic heterocycles. The average Bonchev–Trinajstić information content (AvgIpc) is 2.93. The van der Waals surface area contributed by atoms with Gasteiger partial charge in [-0.15, -0.1) is 0 Å². The van der Waals surface area contributed by atoms with Gasteiger partial charge in [-0.05, 0) is 41.5 Å². The van der Waals surface area contributed by atoms with Crippen molar-refractivity contribution in [2.75, 3.05) is 0 Å². The smallest absolute Gasteiger partial charge is 0.420 e. The highest BCUT2D eigenvalue weighted by Crippen LogP contribution is 2.39. The fraction of sp³-hybridized carbons (Fsp3) is 0.118. The van der Waals surface area contributed by atoms with Gasteiger partial charge in [0.25, 0.3) is 0 Å². The Bertz CT molecular complexity index is 947. The number of nitrogens with one attached hydrogen (secondary N) is 1. The molecule has 0 spiro atoms. The number of hydrogen-bond donors (Lipinski definition) is 3. The molecule has 0 radical (unpaired) electrons. The number of aromatic hydroxyl groups is 1. The molecule has 130 valence electrons. The van der Waals surface area contributed by atoms with E-state index in [-0.39, 0.29) is 34.6 Å². The van der Waals surface area contributed by atoms with E-state index in [1.165, 1.54) is 30.3 Å². The number of carbonyl (C=O) groups is 1. The normalized spacial score (nSPS) is 11.6. The zero-order chi connectivity index (χ0) is 18.2. The van der Waals surface area contributed by atoms with Gasteiger partial charge in [-0.3, -0.25) is 0 Å². The van der Waals surface area contributed by atoms with E-state index in [1.54, 1.807) is 6.07 Å². The lowest BCUT2D eigenvalue weighted by Crippen LogP contribution is -2.19. The second-order valence-corrected chi connectivity index (χ2v) is 5.36. The number of fused-ring (bicyclic) bond motifs is 1. The largest absolute Gasteiger partial charge is 0.508 e. The lowest BCUT2D eigenvalue weighted by atomic mass is 10.00. The molecule has 0 aliphatic rings. The Hall–Kier alpha value is -3.16. The van der Waals surface area contributed by atoms with Gasteiger partial charge >= 0.3 is 12.3 Å². The predicted octanol–water partition coefficient (Wildman–Crippen LogP) is 4.59. The number of furan rings is 1. The number of carboxylic acid groups (broad SMARTS) is 1. The maximum Gasteiger partial charge on any atom is 0.420 e. The zero-order valence-electron chi connectivity index (χ0n) is 12.6. The first-order valence-corrected chi connectivity index (χ1v) is 7.14. The molecule has 1 heterocycles. The summed E-state index contributed by atoms with van der Waals surface area (Å²) in [6.45, 7) is -0.247. The van der Waals surface area contributed by atoms with Crippen LogP contribution in [0.1, 0.15) is 11.3 Å². The summed E-state index contributed by atoms with van der Waals surface area (Å²) in [6.07, 6.45) is -5.96. The van der Waals surface area contributed by atoms with E-state index < -0.39 is 17.8 Å². The fourth-order valence-electron chi connectivity index (χ4n) is 2.52. The summed E-state index contributed by atoms with van der Waals surface area (Å²) in [5.41, 5.74) is -0.656. The highest BCUT2D eigenvalue weighted by atomic mass is 19.4. The molecule has 0 saturated carbocycles. The van der Waals surface area contributed by atoms with E-state index in [0.29, 0.717) is 5.56 Å². The first-order chi connectivity index (χ1) is 11.7. The van der Waals surface area contributed by atoms with E-state index in [2.05, 4.69) is 0 Å². The predicted molar refractivity (Wildman–Crippen MR) is 83.2 cm³/mol. The van der Waals surface area contributed by atoms with Crippen molar-refractivity contribution in [3.05, 3.63) is 53.8 Å². The molecule has 3 rings (SSSR count). The quantitative estimate of drug-likeness (QED) is 0.644. The van der Waals surface area contributed by atoms with E-state index in [9.17, 15) is 23.1 Å². The number of benzene rings is 2. The van der Waals surface area contributed by atoms with Crippen LogP contribution in [0.5, 0.6) is 5.75 Å². The summed E-state index contributed by atoms with van der Waals surface area (Å²) in [5.74, 6) is 0.000607. The number of hydrogen-bond acceptors (Lipinski definition) is 3. The van der Waals surface area contributed by atoms with Crippen molar-refractivity contribution in [3.8, 4) is 16.9 Å². The molecule has 0 aliphatic heterocycles. The summed E-state index contributed by atoms with van der Waals surface area (Å²) >= 11 is 0. The maximum atomic E-state index is 13.4. The Morgan fingerprint density at radius 3 is 2.52 bits per heavy atom. The van der Waals surface area contributed by atoms with Crippen LogP contribution in [0.4, 0.5) is 18.0 Å². The Morgan fingerprint density at radius 2 is 1.88 bits per heavy atom. The molecule has 0 unspecified atom stereocenters. The maximum absolute atomic E-state index is 13.4. The fourth-order valence-corrected chi connectivity index (χ4v) is 2.52. The third-order valence-corrected chi connectivity index (χ3v) is 3.57. The molecule has 0 bridgehead atoms. The van der Waals surface area contributed by atoms with Crippen LogP contribution in [-0.4, -0.2) is 16.3 Å². The molecule has 1 amide bonds. The SMILES string of the molecule is O=C(O)NCc1cc2cc(-c3cccc(O)c3)cc(C(F)(F)F)c2o1. The zero-order valence-corrected chi connectivity index (χ0v) is 12.6. The Morgan fingerprint density at radius 1 is 1.12 bits per heavy atom. The number of phenols is 1. The average molecular weight is 351 g/mol. The molecule has 2 aromatic carbocycles. The van der Waals surface area contributed by atoms with Crippen molar-refractivity contribution >= 4 is 17.1 Å². The van der Waals surface area contributed by atoms with Gasteiger partial charge in [-0.2, -0.15) is 13.2 Å². The molecule has 0 fully saturated rings. The molecular weight excluding hydrogens is 339 g/mol. The van der Waals surface area contributed by atoms with Gasteiger partial charge in [0.15, 0.2) is 0 Å². The van der Waals surface area contributed by atoms with E-state index >= 15 is 0 Å². The Labute approximate surface area is 139 Å². The summed E-state index contributed by atoms with van der Waals surface area (Å²) < 4.78 is 45.4. The number of halogens is 3. The van der Waals surface area contributed by atoms with Gasteiger partial charge in [-0.25, -0.2) is 4.79 Å². The van der Waals surface area contributed by atoms with Gasteiger partial charge in [0.1, 0.15) is 17.1 Å². The third-order valence-electron chi connectivity index (χ3n) is 3.57. The Kier molecular flexibility index (Phi) is 4.03. The topological polar surface area (TPSA) is 82.7 Å². The number of phenolic OH excluding ortho intramolecular Hbond substituents is 1. The standard InChI is InChI=1S/C17H12F3NO4/c18-17(19,20)14-7-10(9-2-1-3-12(22)5-9)4-11-6-13(25-15(11)14)8-21-16(23)24/h1-7,21-22H,8H2,(H,23,24). The lowest BCUT2D eigenvalue weighted by molar-refractivity contribution is -0.136. The van der Waals surface area contributed by atoms with Crippen LogP contribution in [0, 0.1) is 0 Å². The van der Waals surface area contributed by atoms with Crippen molar-refractivity contribution in [1.29, 1.82) is 0 Å². The number of amides is 1. The highest BCUT2D eigenvalue weighted by molar-refractivity contribution is 5.87. The van der Waals surface area contributed by atoms with Crippen LogP contribution < -0.4 is 5.32 Å². The minimum Gasteiger partial charge on any atom is -0.508 e. The van der Waals surface area contributed by atoms with Crippen molar-refractivity contribution in [2.45, 2.75) is 12.7 Å². The van der Waals surface area contributed by atoms with Crippen molar-refractivity contribution in [1.82, 2.24) is 5.32 Å². The van der Waals surface area contributed by atoms with Crippen molar-refractivity contribution < 1.29 is 32.6 Å². The van der Waals surface area contributed by atoms with Crippen LogP contribution in [0.3, 0.4) is 0 Å². The minimum atomic E-state index is -4.65. The first-order valence-electron chi connectivity index (χ1n) is 7.14. The second-order valence-electron chi connectivity index (χ2n) is 5.36. The summed E-state index contributed by atoms with van der Waals surface area (Å²) in [4.78, 5) is 10.5. The second kappa shape index (κ2) is 6.04. The summed E-state index contributed by atoms with van der Waals surface area (Å²) in [5, 5.41) is 20.4. The van der Waals surface area contributed by atoms with Crippen LogP contribution in [-0.2, 0) is 12.7 Å². The van der Waals surface area contributed by atoms with Crippen molar-refractivity contribution in [2.24, 2.45) is 0 Å². The molecule has 0 saturated heterocycles. The number of rotatable bonds is 3. The van der Waals surface area contributed by atoms with Gasteiger partial charge < -0.3 is 19.9 Å². The summed E-state index contributed by atoms with van der Waals surface area (Å²) in [7, 11) is 0. The van der Waals surface area contributed by atoms with Crippen LogP contribution in [0.2, 0.25) is 0 Å². The van der Waals surface area contributed by atoms with Crippen LogP contribution in [0.25, 0.3) is 22.1 Å². The van der Waals surface area contributed by atoms with E-state index in [4.69, 9.17) is 9.52 Å². The van der Waals surface area contributed by atoms with Gasteiger partial charge in [0.2, 0.25) is 0 Å². The third kappa shape index (κ3) is 3.52. The van der Waals surface area contributed by atoms with E-state index in [0.717, 1.165) is 6.07 Å². The molecule has 5 nitrogen and oxygen atoms in total.